The van der Waals surface area contributed by atoms with Crippen molar-refractivity contribution in [1.29, 1.82) is 0 Å². The van der Waals surface area contributed by atoms with Crippen LogP contribution in [0.1, 0.15) is 29.9 Å². The molecule has 0 radical (unpaired) electrons. The van der Waals surface area contributed by atoms with Crippen molar-refractivity contribution in [3.63, 3.8) is 0 Å². The molecule has 0 saturated heterocycles. The second-order valence-corrected chi connectivity index (χ2v) is 4.49. The van der Waals surface area contributed by atoms with Gasteiger partial charge in [0.1, 0.15) is 5.76 Å². The zero-order valence-corrected chi connectivity index (χ0v) is 10.8. The average molecular weight is 280 g/mol. The van der Waals surface area contributed by atoms with Crippen molar-refractivity contribution in [2.75, 3.05) is 0 Å². The molecule has 3 heteroatoms. The van der Waals surface area contributed by atoms with Crippen molar-refractivity contribution in [1.82, 2.24) is 5.16 Å². The highest BCUT2D eigenvalue weighted by atomic mass is 79.9. The Morgan fingerprint density at radius 3 is 2.69 bits per heavy atom. The molecule has 2 aromatic rings. The van der Waals surface area contributed by atoms with Gasteiger partial charge in [0.05, 0.1) is 11.0 Å². The average Bonchev–Trinajstić information content (AvgIpc) is 2.78. The highest BCUT2D eigenvalue weighted by molar-refractivity contribution is 9.08. The molecule has 0 aliphatic carbocycles. The van der Waals surface area contributed by atoms with Gasteiger partial charge in [-0.05, 0) is 17.9 Å². The van der Waals surface area contributed by atoms with E-state index in [0.717, 1.165) is 23.2 Å². The maximum atomic E-state index is 5.15. The molecule has 2 nitrogen and oxygen atoms in total. The number of aromatic nitrogens is 1. The molecule has 1 heterocycles. The Labute approximate surface area is 104 Å². The minimum Gasteiger partial charge on any atom is -0.360 e. The number of halogens is 1. The lowest BCUT2D eigenvalue weighted by atomic mass is 9.96. The zero-order valence-electron chi connectivity index (χ0n) is 9.19. The van der Waals surface area contributed by atoms with E-state index in [9.17, 15) is 0 Å². The van der Waals surface area contributed by atoms with Crippen molar-refractivity contribution in [3.05, 3.63) is 53.4 Å². The molecule has 2 rings (SSSR count). The van der Waals surface area contributed by atoms with Crippen LogP contribution in [-0.4, -0.2) is 5.16 Å². The van der Waals surface area contributed by atoms with Crippen LogP contribution in [0.3, 0.4) is 0 Å². The molecule has 0 amide bonds. The van der Waals surface area contributed by atoms with Gasteiger partial charge in [0, 0.05) is 6.07 Å². The van der Waals surface area contributed by atoms with Gasteiger partial charge >= 0.3 is 0 Å². The molecule has 1 aromatic carbocycles. The van der Waals surface area contributed by atoms with Crippen LogP contribution in [0.15, 0.2) is 40.9 Å². The third-order valence-electron chi connectivity index (χ3n) is 2.62. The van der Waals surface area contributed by atoms with Gasteiger partial charge in [0.15, 0.2) is 0 Å². The van der Waals surface area contributed by atoms with Crippen LogP contribution in [0, 0.1) is 0 Å². The topological polar surface area (TPSA) is 26.0 Å². The van der Waals surface area contributed by atoms with Crippen LogP contribution in [0.25, 0.3) is 0 Å². The summed E-state index contributed by atoms with van der Waals surface area (Å²) < 4.78 is 5.15. The minimum atomic E-state index is 0.467. The van der Waals surface area contributed by atoms with E-state index in [1.54, 1.807) is 0 Å². The summed E-state index contributed by atoms with van der Waals surface area (Å²) in [6.45, 7) is 2.21. The maximum absolute atomic E-state index is 5.15. The summed E-state index contributed by atoms with van der Waals surface area (Å²) in [4.78, 5) is 0. The van der Waals surface area contributed by atoms with Crippen LogP contribution in [0.4, 0.5) is 0 Å². The summed E-state index contributed by atoms with van der Waals surface area (Å²) in [6, 6.07) is 12.5. The Bertz CT molecular complexity index is 438. The molecule has 0 bridgehead atoms. The number of benzene rings is 1. The molecule has 1 atom stereocenters. The van der Waals surface area contributed by atoms with Crippen molar-refractivity contribution in [3.8, 4) is 0 Å². The normalized spacial score (nSPS) is 12.6. The number of rotatable bonds is 4. The van der Waals surface area contributed by atoms with E-state index in [0.29, 0.717) is 5.92 Å². The van der Waals surface area contributed by atoms with Crippen molar-refractivity contribution < 1.29 is 4.52 Å². The highest BCUT2D eigenvalue weighted by Gasteiger charge is 2.09. The van der Waals surface area contributed by atoms with Crippen LogP contribution >= 0.6 is 15.9 Å². The van der Waals surface area contributed by atoms with Crippen LogP contribution in [-0.2, 0) is 11.8 Å². The van der Waals surface area contributed by atoms with Crippen LogP contribution in [0.5, 0.6) is 0 Å². The van der Waals surface area contributed by atoms with Crippen molar-refractivity contribution in [2.24, 2.45) is 0 Å². The van der Waals surface area contributed by atoms with Gasteiger partial charge in [-0.25, -0.2) is 0 Å². The first kappa shape index (κ1) is 11.4. The first-order valence-electron chi connectivity index (χ1n) is 5.35. The molecule has 0 aliphatic rings. The quantitative estimate of drug-likeness (QED) is 0.793. The Hall–Kier alpha value is -1.09. The third-order valence-corrected chi connectivity index (χ3v) is 3.18. The Balaban J connectivity index is 2.05. The molecule has 0 aliphatic heterocycles. The smallest absolute Gasteiger partial charge is 0.147 e. The highest BCUT2D eigenvalue weighted by Crippen LogP contribution is 2.20. The lowest BCUT2D eigenvalue weighted by Crippen LogP contribution is -1.98. The van der Waals surface area contributed by atoms with Gasteiger partial charge in [-0.1, -0.05) is 58.3 Å². The van der Waals surface area contributed by atoms with E-state index < -0.39 is 0 Å². The lowest BCUT2D eigenvalue weighted by Gasteiger charge is -2.08. The van der Waals surface area contributed by atoms with E-state index in [-0.39, 0.29) is 0 Å². The minimum absolute atomic E-state index is 0.467. The predicted octanol–water partition coefficient (Wildman–Crippen LogP) is 3.92. The molecule has 1 aromatic heterocycles. The fourth-order valence-electron chi connectivity index (χ4n) is 1.73. The molecule has 16 heavy (non-hydrogen) atoms. The van der Waals surface area contributed by atoms with E-state index in [2.05, 4.69) is 52.3 Å². The third kappa shape index (κ3) is 2.73. The van der Waals surface area contributed by atoms with Crippen LogP contribution < -0.4 is 0 Å². The van der Waals surface area contributed by atoms with Crippen LogP contribution in [0.2, 0.25) is 0 Å². The fourth-order valence-corrected chi connectivity index (χ4v) is 1.99. The Kier molecular flexibility index (Phi) is 3.78. The first-order chi connectivity index (χ1) is 7.79. The fraction of sp³-hybridized carbons (Fsp3) is 0.308. The summed E-state index contributed by atoms with van der Waals surface area (Å²) in [5, 5.41) is 4.77. The predicted molar refractivity (Wildman–Crippen MR) is 67.7 cm³/mol. The van der Waals surface area contributed by atoms with Gasteiger partial charge in [0.2, 0.25) is 0 Å². The zero-order chi connectivity index (χ0) is 11.4. The van der Waals surface area contributed by atoms with E-state index in [1.807, 2.05) is 12.1 Å². The van der Waals surface area contributed by atoms with Gasteiger partial charge in [0.25, 0.3) is 0 Å². The number of alkyl halides is 1. The summed E-state index contributed by atoms with van der Waals surface area (Å²) >= 11 is 3.35. The van der Waals surface area contributed by atoms with E-state index in [4.69, 9.17) is 4.52 Å². The molecule has 84 valence electrons. The largest absolute Gasteiger partial charge is 0.360 e. The van der Waals surface area contributed by atoms with Gasteiger partial charge in [-0.15, -0.1) is 0 Å². The van der Waals surface area contributed by atoms with Gasteiger partial charge < -0.3 is 4.52 Å². The van der Waals surface area contributed by atoms with E-state index >= 15 is 0 Å². The number of nitrogens with zero attached hydrogens (tertiary/aromatic N) is 1. The van der Waals surface area contributed by atoms with Gasteiger partial charge in [-0.2, -0.15) is 0 Å². The molecular weight excluding hydrogens is 266 g/mol. The molecule has 0 N–H and O–H groups in total. The standard InChI is InChI=1S/C13H14BrNO/c1-10(11-5-3-2-4-6-11)7-12-8-13(9-14)16-15-12/h2-6,8,10H,7,9H2,1H3. The van der Waals surface area contributed by atoms with Gasteiger partial charge in [-0.3, -0.25) is 0 Å². The molecular formula is C13H14BrNO. The molecule has 0 saturated carbocycles. The summed E-state index contributed by atoms with van der Waals surface area (Å²) in [5.41, 5.74) is 2.36. The lowest BCUT2D eigenvalue weighted by molar-refractivity contribution is 0.387. The second-order valence-electron chi connectivity index (χ2n) is 3.93. The first-order valence-corrected chi connectivity index (χ1v) is 6.47. The Morgan fingerprint density at radius 2 is 2.06 bits per heavy atom. The summed E-state index contributed by atoms with van der Waals surface area (Å²) in [6.07, 6.45) is 0.917. The maximum Gasteiger partial charge on any atom is 0.147 e. The number of hydrogen-bond donors (Lipinski definition) is 0. The van der Waals surface area contributed by atoms with Crippen molar-refractivity contribution >= 4 is 15.9 Å². The monoisotopic (exact) mass is 279 g/mol. The van der Waals surface area contributed by atoms with Crippen molar-refractivity contribution in [2.45, 2.75) is 24.6 Å². The molecule has 1 unspecified atom stereocenters. The molecule has 0 fully saturated rings. The summed E-state index contributed by atoms with van der Waals surface area (Å²) in [5.74, 6) is 1.35. The Morgan fingerprint density at radius 1 is 1.31 bits per heavy atom. The second kappa shape index (κ2) is 5.30. The summed E-state index contributed by atoms with van der Waals surface area (Å²) in [7, 11) is 0. The molecule has 0 spiro atoms. The SMILES string of the molecule is CC(Cc1cc(CBr)on1)c1ccccc1. The number of hydrogen-bond acceptors (Lipinski definition) is 2. The van der Waals surface area contributed by atoms with E-state index in [1.165, 1.54) is 5.56 Å².